The molecule has 0 aliphatic heterocycles. The smallest absolute Gasteiger partial charge is 0.165 e. The molecule has 2 aliphatic carbocycles. The number of nitrogens with one attached hydrogen (secondary N) is 1. The fourth-order valence-corrected chi connectivity index (χ4v) is 3.96. The second-order valence-electron chi connectivity index (χ2n) is 6.69. The molecular weight excluding hydrogens is 265 g/mol. The van der Waals surface area contributed by atoms with E-state index in [0.29, 0.717) is 18.3 Å². The van der Waals surface area contributed by atoms with Crippen LogP contribution >= 0.6 is 0 Å². The molecule has 2 saturated carbocycles. The Kier molecular flexibility index (Phi) is 4.79. The molecule has 0 spiro atoms. The second kappa shape index (κ2) is 6.78. The summed E-state index contributed by atoms with van der Waals surface area (Å²) >= 11 is 0. The van der Waals surface area contributed by atoms with Gasteiger partial charge in [-0.25, -0.2) is 4.39 Å². The minimum absolute atomic E-state index is 0.228. The monoisotopic (exact) mass is 291 g/mol. The summed E-state index contributed by atoms with van der Waals surface area (Å²) in [5.74, 6) is 2.58. The molecule has 2 fully saturated rings. The summed E-state index contributed by atoms with van der Waals surface area (Å²) in [4.78, 5) is 0. The van der Waals surface area contributed by atoms with Crippen LogP contribution in [0, 0.1) is 23.6 Å². The van der Waals surface area contributed by atoms with Crippen molar-refractivity contribution < 1.29 is 9.13 Å². The third-order valence-electron chi connectivity index (χ3n) is 5.09. The Morgan fingerprint density at radius 3 is 2.86 bits per heavy atom. The molecule has 2 bridgehead atoms. The molecule has 0 heterocycles. The maximum Gasteiger partial charge on any atom is 0.165 e. The summed E-state index contributed by atoms with van der Waals surface area (Å²) in [6.07, 6.45) is 6.50. The fourth-order valence-electron chi connectivity index (χ4n) is 3.96. The van der Waals surface area contributed by atoms with Gasteiger partial charge in [-0.3, -0.25) is 0 Å². The van der Waals surface area contributed by atoms with Gasteiger partial charge in [-0.15, -0.1) is 0 Å². The predicted molar refractivity (Wildman–Crippen MR) is 82.8 cm³/mol. The third kappa shape index (κ3) is 3.57. The number of fused-ring (bicyclic) bond motifs is 2. The van der Waals surface area contributed by atoms with Crippen molar-refractivity contribution in [1.29, 1.82) is 0 Å². The van der Waals surface area contributed by atoms with E-state index >= 15 is 0 Å². The van der Waals surface area contributed by atoms with E-state index in [1.165, 1.54) is 25.7 Å². The van der Waals surface area contributed by atoms with Crippen LogP contribution in [0.15, 0.2) is 18.2 Å². The fraction of sp³-hybridized carbons (Fsp3) is 0.667. The van der Waals surface area contributed by atoms with Gasteiger partial charge < -0.3 is 10.1 Å². The van der Waals surface area contributed by atoms with Gasteiger partial charge in [0.15, 0.2) is 11.6 Å². The van der Waals surface area contributed by atoms with Crippen molar-refractivity contribution >= 4 is 0 Å². The first kappa shape index (κ1) is 14.8. The van der Waals surface area contributed by atoms with Crippen LogP contribution in [0.1, 0.15) is 44.6 Å². The highest BCUT2D eigenvalue weighted by atomic mass is 19.1. The van der Waals surface area contributed by atoms with Gasteiger partial charge in [0.25, 0.3) is 0 Å². The van der Waals surface area contributed by atoms with Gasteiger partial charge in [0.05, 0.1) is 6.61 Å². The van der Waals surface area contributed by atoms with E-state index in [2.05, 4.69) is 12.2 Å². The first-order valence-electron chi connectivity index (χ1n) is 8.38. The molecule has 0 saturated heterocycles. The number of halogens is 1. The summed E-state index contributed by atoms with van der Waals surface area (Å²) in [5, 5.41) is 3.29. The Hall–Kier alpha value is -1.09. The zero-order chi connectivity index (χ0) is 14.7. The molecule has 116 valence electrons. The molecule has 1 aromatic rings. The molecule has 0 aromatic heterocycles. The minimum atomic E-state index is -0.228. The van der Waals surface area contributed by atoms with Crippen molar-refractivity contribution in [2.75, 3.05) is 13.2 Å². The summed E-state index contributed by atoms with van der Waals surface area (Å²) in [6.45, 7) is 4.49. The largest absolute Gasteiger partial charge is 0.490 e. The normalized spacial score (nSPS) is 27.2. The van der Waals surface area contributed by atoms with Crippen LogP contribution in [-0.4, -0.2) is 13.2 Å². The Balaban J connectivity index is 1.51. The number of ether oxygens (including phenoxy) is 1. The molecule has 0 radical (unpaired) electrons. The van der Waals surface area contributed by atoms with Crippen molar-refractivity contribution in [2.45, 2.75) is 45.6 Å². The van der Waals surface area contributed by atoms with Crippen LogP contribution < -0.4 is 10.1 Å². The van der Waals surface area contributed by atoms with Gasteiger partial charge in [0, 0.05) is 6.54 Å². The SMILES string of the molecule is CCCNCc1ccc(OCC2CC3CCC2C3)c(F)c1. The van der Waals surface area contributed by atoms with Gasteiger partial charge in [-0.2, -0.15) is 0 Å². The van der Waals surface area contributed by atoms with Gasteiger partial charge in [-0.1, -0.05) is 19.4 Å². The average molecular weight is 291 g/mol. The van der Waals surface area contributed by atoms with E-state index in [0.717, 1.165) is 36.9 Å². The molecule has 3 rings (SSSR count). The molecule has 1 N–H and O–H groups in total. The van der Waals surface area contributed by atoms with Crippen LogP contribution in [0.2, 0.25) is 0 Å². The van der Waals surface area contributed by atoms with Gasteiger partial charge in [0.1, 0.15) is 0 Å². The Morgan fingerprint density at radius 2 is 2.19 bits per heavy atom. The summed E-state index contributed by atoms with van der Waals surface area (Å²) < 4.78 is 19.8. The Bertz CT molecular complexity index is 476. The van der Waals surface area contributed by atoms with E-state index in [1.54, 1.807) is 12.1 Å². The molecule has 1 aromatic carbocycles. The topological polar surface area (TPSA) is 21.3 Å². The maximum atomic E-state index is 14.1. The lowest BCUT2D eigenvalue weighted by Gasteiger charge is -2.22. The standard InChI is InChI=1S/C18H26FNO/c1-2-7-20-11-14-4-6-18(17(19)10-14)21-12-16-9-13-3-5-15(16)8-13/h4,6,10,13,15-16,20H,2-3,5,7-9,11-12H2,1H3. The third-order valence-corrected chi connectivity index (χ3v) is 5.09. The molecule has 0 amide bonds. The zero-order valence-electron chi connectivity index (χ0n) is 12.9. The molecule has 3 heteroatoms. The van der Waals surface area contributed by atoms with Gasteiger partial charge in [-0.05, 0) is 67.7 Å². The molecule has 2 nitrogen and oxygen atoms in total. The molecular formula is C18H26FNO. The highest BCUT2D eigenvalue weighted by molar-refractivity contribution is 5.29. The van der Waals surface area contributed by atoms with Crippen molar-refractivity contribution in [3.05, 3.63) is 29.6 Å². The summed E-state index contributed by atoms with van der Waals surface area (Å²) in [6, 6.07) is 5.34. The minimum Gasteiger partial charge on any atom is -0.490 e. The van der Waals surface area contributed by atoms with E-state index < -0.39 is 0 Å². The number of rotatable bonds is 7. The summed E-state index contributed by atoms with van der Waals surface area (Å²) in [5.41, 5.74) is 0.980. The summed E-state index contributed by atoms with van der Waals surface area (Å²) in [7, 11) is 0. The van der Waals surface area contributed by atoms with Crippen molar-refractivity contribution in [3.63, 3.8) is 0 Å². The van der Waals surface area contributed by atoms with E-state index in [-0.39, 0.29) is 5.82 Å². The van der Waals surface area contributed by atoms with Crippen LogP contribution in [0.3, 0.4) is 0 Å². The molecule has 3 atom stereocenters. The zero-order valence-corrected chi connectivity index (χ0v) is 12.9. The second-order valence-corrected chi connectivity index (χ2v) is 6.69. The molecule has 3 unspecified atom stereocenters. The van der Waals surface area contributed by atoms with Crippen molar-refractivity contribution in [2.24, 2.45) is 17.8 Å². The van der Waals surface area contributed by atoms with Crippen LogP contribution in [-0.2, 0) is 6.54 Å². The van der Waals surface area contributed by atoms with E-state index in [9.17, 15) is 4.39 Å². The Labute approximate surface area is 127 Å². The van der Waals surface area contributed by atoms with Gasteiger partial charge in [0.2, 0.25) is 0 Å². The number of hydrogen-bond acceptors (Lipinski definition) is 2. The highest BCUT2D eigenvalue weighted by Crippen LogP contribution is 2.48. The number of hydrogen-bond donors (Lipinski definition) is 1. The van der Waals surface area contributed by atoms with Crippen LogP contribution in [0.5, 0.6) is 5.75 Å². The molecule has 2 aliphatic rings. The molecule has 21 heavy (non-hydrogen) atoms. The van der Waals surface area contributed by atoms with Crippen LogP contribution in [0.25, 0.3) is 0 Å². The van der Waals surface area contributed by atoms with Crippen molar-refractivity contribution in [1.82, 2.24) is 5.32 Å². The average Bonchev–Trinajstić information content (AvgIpc) is 3.09. The highest BCUT2D eigenvalue weighted by Gasteiger charge is 2.39. The maximum absolute atomic E-state index is 14.1. The van der Waals surface area contributed by atoms with E-state index in [4.69, 9.17) is 4.74 Å². The van der Waals surface area contributed by atoms with Gasteiger partial charge >= 0.3 is 0 Å². The quantitative estimate of drug-likeness (QED) is 0.762. The lowest BCUT2D eigenvalue weighted by Crippen LogP contribution is -2.19. The first-order valence-corrected chi connectivity index (χ1v) is 8.38. The van der Waals surface area contributed by atoms with E-state index in [1.807, 2.05) is 6.07 Å². The predicted octanol–water partition coefficient (Wildman–Crippen LogP) is 4.14. The first-order chi connectivity index (χ1) is 10.3. The van der Waals surface area contributed by atoms with Crippen LogP contribution in [0.4, 0.5) is 4.39 Å². The van der Waals surface area contributed by atoms with Crippen molar-refractivity contribution in [3.8, 4) is 5.75 Å². The lowest BCUT2D eigenvalue weighted by molar-refractivity contribution is 0.189. The Morgan fingerprint density at radius 1 is 1.29 bits per heavy atom. The lowest BCUT2D eigenvalue weighted by atomic mass is 9.89. The number of benzene rings is 1.